The monoisotopic (exact) mass is 299 g/mol. The topological polar surface area (TPSA) is 23.5 Å². The van der Waals surface area contributed by atoms with E-state index in [-0.39, 0.29) is 18.6 Å². The molecule has 17 heavy (non-hydrogen) atoms. The highest BCUT2D eigenvalue weighted by atomic mass is 79.9. The molecule has 3 heteroatoms. The normalized spacial score (nSPS) is 15.3. The number of hydrogen-bond acceptors (Lipinski definition) is 2. The lowest BCUT2D eigenvalue weighted by Gasteiger charge is -2.34. The van der Waals surface area contributed by atoms with Crippen LogP contribution in [0.15, 0.2) is 28.7 Å². The van der Waals surface area contributed by atoms with Gasteiger partial charge in [0.1, 0.15) is 0 Å². The second-order valence-electron chi connectivity index (χ2n) is 5.02. The van der Waals surface area contributed by atoms with Gasteiger partial charge in [-0.2, -0.15) is 0 Å². The summed E-state index contributed by atoms with van der Waals surface area (Å²) < 4.78 is 1.11. The van der Waals surface area contributed by atoms with Crippen LogP contribution >= 0.6 is 15.9 Å². The Morgan fingerprint density at radius 3 is 2.24 bits per heavy atom. The van der Waals surface area contributed by atoms with Gasteiger partial charge in [0.05, 0.1) is 0 Å². The number of aliphatic hydroxyl groups is 1. The Bertz CT molecular complexity index is 352. The largest absolute Gasteiger partial charge is 0.396 e. The van der Waals surface area contributed by atoms with Crippen LogP contribution in [0, 0.1) is 11.8 Å². The maximum absolute atomic E-state index is 9.63. The van der Waals surface area contributed by atoms with Gasteiger partial charge in [-0.3, -0.25) is 0 Å². The number of hydrogen-bond donors (Lipinski definition) is 1. The molecule has 1 N–H and O–H groups in total. The third kappa shape index (κ3) is 3.54. The predicted molar refractivity (Wildman–Crippen MR) is 76.0 cm³/mol. The van der Waals surface area contributed by atoms with Crippen molar-refractivity contribution in [3.05, 3.63) is 34.3 Å². The van der Waals surface area contributed by atoms with Gasteiger partial charge in [-0.05, 0) is 31.6 Å². The van der Waals surface area contributed by atoms with Crippen molar-refractivity contribution in [2.24, 2.45) is 11.8 Å². The van der Waals surface area contributed by atoms with Crippen LogP contribution in [0.3, 0.4) is 0 Å². The fourth-order valence-electron chi connectivity index (χ4n) is 2.28. The van der Waals surface area contributed by atoms with Crippen LogP contribution in [0.1, 0.15) is 25.5 Å². The smallest absolute Gasteiger partial charge is 0.0480 e. The molecule has 1 rings (SSSR count). The summed E-state index contributed by atoms with van der Waals surface area (Å²) in [7, 11) is 4.13. The van der Waals surface area contributed by atoms with Crippen molar-refractivity contribution in [2.45, 2.75) is 19.9 Å². The van der Waals surface area contributed by atoms with Crippen molar-refractivity contribution in [2.75, 3.05) is 20.7 Å². The Labute approximate surface area is 113 Å². The fraction of sp³-hybridized carbons (Fsp3) is 0.571. The van der Waals surface area contributed by atoms with Crippen LogP contribution in [0.2, 0.25) is 0 Å². The molecule has 0 fully saturated rings. The van der Waals surface area contributed by atoms with Gasteiger partial charge >= 0.3 is 0 Å². The Kier molecular flexibility index (Phi) is 5.63. The zero-order valence-corrected chi connectivity index (χ0v) is 12.6. The molecule has 2 nitrogen and oxygen atoms in total. The Hall–Kier alpha value is -0.380. The van der Waals surface area contributed by atoms with Crippen molar-refractivity contribution >= 4 is 15.9 Å². The zero-order chi connectivity index (χ0) is 13.0. The molecule has 0 radical (unpaired) electrons. The van der Waals surface area contributed by atoms with Crippen LogP contribution < -0.4 is 0 Å². The van der Waals surface area contributed by atoms with E-state index in [1.807, 2.05) is 12.1 Å². The van der Waals surface area contributed by atoms with Gasteiger partial charge in [0, 0.05) is 23.0 Å². The van der Waals surface area contributed by atoms with Gasteiger partial charge in [0.2, 0.25) is 0 Å². The number of rotatable bonds is 5. The molecule has 0 heterocycles. The predicted octanol–water partition coefficient (Wildman–Crippen LogP) is 3.32. The number of halogens is 1. The van der Waals surface area contributed by atoms with Gasteiger partial charge in [0.15, 0.2) is 0 Å². The second-order valence-corrected chi connectivity index (χ2v) is 5.87. The molecule has 0 saturated heterocycles. The lowest BCUT2D eigenvalue weighted by molar-refractivity contribution is 0.0998. The van der Waals surface area contributed by atoms with Crippen molar-refractivity contribution in [1.82, 2.24) is 4.90 Å². The van der Waals surface area contributed by atoms with E-state index >= 15 is 0 Å². The summed E-state index contributed by atoms with van der Waals surface area (Å²) in [5.74, 6) is 0.684. The van der Waals surface area contributed by atoms with Crippen molar-refractivity contribution < 1.29 is 5.11 Å². The number of nitrogens with zero attached hydrogens (tertiary/aromatic N) is 1. The lowest BCUT2D eigenvalue weighted by Crippen LogP contribution is -2.32. The van der Waals surface area contributed by atoms with E-state index < -0.39 is 0 Å². The first kappa shape index (κ1) is 14.7. The maximum Gasteiger partial charge on any atom is 0.0480 e. The van der Waals surface area contributed by atoms with Gasteiger partial charge in [-0.15, -0.1) is 0 Å². The van der Waals surface area contributed by atoms with Crippen LogP contribution in [0.5, 0.6) is 0 Å². The first-order valence-electron chi connectivity index (χ1n) is 6.00. The minimum absolute atomic E-state index is 0.210. The summed E-state index contributed by atoms with van der Waals surface area (Å²) >= 11 is 3.60. The quantitative estimate of drug-likeness (QED) is 0.902. The Morgan fingerprint density at radius 2 is 1.82 bits per heavy atom. The van der Waals surface area contributed by atoms with E-state index in [4.69, 9.17) is 0 Å². The molecule has 2 unspecified atom stereocenters. The molecule has 0 saturated carbocycles. The molecule has 0 aromatic heterocycles. The molecular formula is C14H22BrNO. The standard InChI is InChI=1S/C14H22BrNO/c1-10(2)12(9-17)14(16(3)4)11-7-5-6-8-13(11)15/h5-8,10,12,14,17H,9H2,1-4H3. The van der Waals surface area contributed by atoms with Crippen LogP contribution in [-0.2, 0) is 0 Å². The van der Waals surface area contributed by atoms with Crippen LogP contribution in [-0.4, -0.2) is 30.7 Å². The third-order valence-corrected chi connectivity index (χ3v) is 3.98. The summed E-state index contributed by atoms with van der Waals surface area (Å²) in [5.41, 5.74) is 1.24. The fourth-order valence-corrected chi connectivity index (χ4v) is 2.80. The summed E-state index contributed by atoms with van der Waals surface area (Å²) in [6.07, 6.45) is 0. The van der Waals surface area contributed by atoms with Crippen LogP contribution in [0.4, 0.5) is 0 Å². The highest BCUT2D eigenvalue weighted by molar-refractivity contribution is 9.10. The highest BCUT2D eigenvalue weighted by Gasteiger charge is 2.28. The first-order valence-corrected chi connectivity index (χ1v) is 6.80. The molecule has 0 aliphatic rings. The minimum Gasteiger partial charge on any atom is -0.396 e. The summed E-state index contributed by atoms with van der Waals surface area (Å²) in [6, 6.07) is 8.48. The first-order chi connectivity index (χ1) is 7.99. The Balaban J connectivity index is 3.13. The van der Waals surface area contributed by atoms with Crippen molar-refractivity contribution in [3.63, 3.8) is 0 Å². The van der Waals surface area contributed by atoms with E-state index in [0.717, 1.165) is 4.47 Å². The molecule has 0 bridgehead atoms. The zero-order valence-electron chi connectivity index (χ0n) is 11.0. The van der Waals surface area contributed by atoms with E-state index in [9.17, 15) is 5.11 Å². The molecular weight excluding hydrogens is 278 g/mol. The summed E-state index contributed by atoms with van der Waals surface area (Å²) in [5, 5.41) is 9.63. The van der Waals surface area contributed by atoms with Gasteiger partial charge < -0.3 is 10.0 Å². The molecule has 0 aliphatic heterocycles. The van der Waals surface area contributed by atoms with E-state index in [2.05, 4.69) is 60.9 Å². The van der Waals surface area contributed by atoms with Gasteiger partial charge in [0.25, 0.3) is 0 Å². The minimum atomic E-state index is 0.210. The molecule has 1 aromatic carbocycles. The van der Waals surface area contributed by atoms with Gasteiger partial charge in [-0.25, -0.2) is 0 Å². The molecule has 0 aliphatic carbocycles. The third-order valence-electron chi connectivity index (χ3n) is 3.25. The highest BCUT2D eigenvalue weighted by Crippen LogP contribution is 2.35. The SMILES string of the molecule is CC(C)C(CO)C(c1ccccc1Br)N(C)C. The van der Waals surface area contributed by atoms with Crippen LogP contribution in [0.25, 0.3) is 0 Å². The lowest BCUT2D eigenvalue weighted by atomic mass is 9.84. The van der Waals surface area contributed by atoms with Gasteiger partial charge in [-0.1, -0.05) is 48.0 Å². The summed E-state index contributed by atoms with van der Waals surface area (Å²) in [6.45, 7) is 4.53. The average Bonchev–Trinajstić information content (AvgIpc) is 2.26. The molecule has 96 valence electrons. The number of aliphatic hydroxyl groups excluding tert-OH is 1. The summed E-state index contributed by atoms with van der Waals surface area (Å²) in [4.78, 5) is 2.18. The second kappa shape index (κ2) is 6.53. The molecule has 0 spiro atoms. The van der Waals surface area contributed by atoms with E-state index in [1.165, 1.54) is 5.56 Å². The molecule has 0 amide bonds. The Morgan fingerprint density at radius 1 is 1.24 bits per heavy atom. The molecule has 2 atom stereocenters. The van der Waals surface area contributed by atoms with Crippen molar-refractivity contribution in [3.8, 4) is 0 Å². The number of benzene rings is 1. The van der Waals surface area contributed by atoms with E-state index in [0.29, 0.717) is 5.92 Å². The average molecular weight is 300 g/mol. The van der Waals surface area contributed by atoms with E-state index in [1.54, 1.807) is 0 Å². The maximum atomic E-state index is 9.63. The van der Waals surface area contributed by atoms with Crippen molar-refractivity contribution in [1.29, 1.82) is 0 Å². The molecule has 1 aromatic rings.